The number of hydrogen-bond acceptors (Lipinski definition) is 2. The second-order valence-corrected chi connectivity index (χ2v) is 5.03. The third-order valence-electron chi connectivity index (χ3n) is 2.93. The van der Waals surface area contributed by atoms with Gasteiger partial charge in [-0.05, 0) is 43.5 Å². The molecule has 0 spiro atoms. The Labute approximate surface area is 104 Å². The molecule has 1 unspecified atom stereocenters. The lowest BCUT2D eigenvalue weighted by molar-refractivity contribution is -0.120. The van der Waals surface area contributed by atoms with Gasteiger partial charge in [-0.3, -0.25) is 4.79 Å². The summed E-state index contributed by atoms with van der Waals surface area (Å²) in [4.78, 5) is 13.7. The van der Waals surface area contributed by atoms with E-state index in [1.807, 2.05) is 25.1 Å². The Balaban J connectivity index is 2.29. The van der Waals surface area contributed by atoms with Crippen molar-refractivity contribution in [2.24, 2.45) is 5.73 Å². The van der Waals surface area contributed by atoms with Crippen LogP contribution in [0.15, 0.2) is 22.7 Å². The van der Waals surface area contributed by atoms with Crippen molar-refractivity contribution >= 4 is 27.5 Å². The maximum atomic E-state index is 11.9. The number of halogens is 1. The highest BCUT2D eigenvalue weighted by Crippen LogP contribution is 2.25. The first kappa shape index (κ1) is 11.6. The van der Waals surface area contributed by atoms with Crippen LogP contribution in [0.3, 0.4) is 0 Å². The van der Waals surface area contributed by atoms with Gasteiger partial charge in [-0.1, -0.05) is 15.9 Å². The third-order valence-corrected chi connectivity index (χ3v) is 3.82. The van der Waals surface area contributed by atoms with Crippen molar-refractivity contribution in [1.29, 1.82) is 0 Å². The van der Waals surface area contributed by atoms with Crippen LogP contribution in [-0.2, 0) is 4.79 Å². The smallest absolute Gasteiger partial charge is 0.243 e. The van der Waals surface area contributed by atoms with Gasteiger partial charge in [0, 0.05) is 16.7 Å². The molecule has 1 saturated heterocycles. The molecule has 0 aromatic heterocycles. The molecule has 0 aliphatic carbocycles. The van der Waals surface area contributed by atoms with E-state index in [-0.39, 0.29) is 11.9 Å². The second-order valence-electron chi connectivity index (χ2n) is 4.17. The molecule has 86 valence electrons. The van der Waals surface area contributed by atoms with E-state index in [2.05, 4.69) is 15.9 Å². The topological polar surface area (TPSA) is 46.3 Å². The minimum Gasteiger partial charge on any atom is -0.320 e. The predicted octanol–water partition coefficient (Wildman–Crippen LogP) is 2.21. The Kier molecular flexibility index (Phi) is 3.30. The van der Waals surface area contributed by atoms with Gasteiger partial charge in [-0.25, -0.2) is 0 Å². The molecule has 2 N–H and O–H groups in total. The molecule has 0 saturated carbocycles. The second kappa shape index (κ2) is 4.55. The van der Waals surface area contributed by atoms with Crippen LogP contribution >= 0.6 is 15.9 Å². The summed E-state index contributed by atoms with van der Waals surface area (Å²) in [5.74, 6) is 0.0352. The van der Waals surface area contributed by atoms with Crippen LogP contribution in [0, 0.1) is 6.92 Å². The van der Waals surface area contributed by atoms with Crippen molar-refractivity contribution in [3.63, 3.8) is 0 Å². The van der Waals surface area contributed by atoms with Gasteiger partial charge >= 0.3 is 0 Å². The summed E-state index contributed by atoms with van der Waals surface area (Å²) in [7, 11) is 0. The highest BCUT2D eigenvalue weighted by atomic mass is 79.9. The van der Waals surface area contributed by atoms with Gasteiger partial charge in [0.25, 0.3) is 0 Å². The van der Waals surface area contributed by atoms with Crippen molar-refractivity contribution in [3.05, 3.63) is 28.2 Å². The minimum absolute atomic E-state index is 0.0352. The zero-order valence-electron chi connectivity index (χ0n) is 9.24. The van der Waals surface area contributed by atoms with Crippen LogP contribution in [0.1, 0.15) is 18.4 Å². The third kappa shape index (κ3) is 2.13. The molecule has 2 rings (SSSR count). The minimum atomic E-state index is -0.335. The first-order valence-electron chi connectivity index (χ1n) is 5.42. The summed E-state index contributed by atoms with van der Waals surface area (Å²) in [6.45, 7) is 2.79. The standard InChI is InChI=1S/C12H15BrN2O/c1-8-7-9(4-5-10(8)13)15-6-2-3-11(14)12(15)16/h4-5,7,11H,2-3,6,14H2,1H3. The molecular weight excluding hydrogens is 268 g/mol. The number of piperidine rings is 1. The van der Waals surface area contributed by atoms with E-state index < -0.39 is 0 Å². The average Bonchev–Trinajstić information content (AvgIpc) is 2.26. The van der Waals surface area contributed by atoms with Crippen LogP contribution < -0.4 is 10.6 Å². The summed E-state index contributed by atoms with van der Waals surface area (Å²) in [5, 5.41) is 0. The normalized spacial score (nSPS) is 21.3. The predicted molar refractivity (Wildman–Crippen MR) is 68.4 cm³/mol. The zero-order chi connectivity index (χ0) is 11.7. The van der Waals surface area contributed by atoms with Crippen LogP contribution in [0.5, 0.6) is 0 Å². The number of rotatable bonds is 1. The summed E-state index contributed by atoms with van der Waals surface area (Å²) in [5.41, 5.74) is 7.85. The molecule has 1 aromatic rings. The van der Waals surface area contributed by atoms with Gasteiger partial charge in [0.1, 0.15) is 0 Å². The van der Waals surface area contributed by atoms with Crippen LogP contribution in [-0.4, -0.2) is 18.5 Å². The largest absolute Gasteiger partial charge is 0.320 e. The van der Waals surface area contributed by atoms with Crippen molar-refractivity contribution < 1.29 is 4.79 Å². The lowest BCUT2D eigenvalue weighted by Gasteiger charge is -2.30. The van der Waals surface area contributed by atoms with Crippen molar-refractivity contribution in [2.45, 2.75) is 25.8 Å². The number of anilines is 1. The first-order valence-corrected chi connectivity index (χ1v) is 6.22. The molecular formula is C12H15BrN2O. The number of benzene rings is 1. The maximum Gasteiger partial charge on any atom is 0.243 e. The number of aryl methyl sites for hydroxylation is 1. The molecule has 16 heavy (non-hydrogen) atoms. The summed E-state index contributed by atoms with van der Waals surface area (Å²) in [6.07, 6.45) is 1.77. The van der Waals surface area contributed by atoms with E-state index in [0.717, 1.165) is 35.1 Å². The van der Waals surface area contributed by atoms with Gasteiger partial charge in [-0.15, -0.1) is 0 Å². The highest BCUT2D eigenvalue weighted by molar-refractivity contribution is 9.10. The number of amides is 1. The highest BCUT2D eigenvalue weighted by Gasteiger charge is 2.26. The quantitative estimate of drug-likeness (QED) is 0.859. The lowest BCUT2D eigenvalue weighted by atomic mass is 10.0. The molecule has 1 aromatic carbocycles. The number of hydrogen-bond donors (Lipinski definition) is 1. The molecule has 1 atom stereocenters. The van der Waals surface area contributed by atoms with E-state index >= 15 is 0 Å². The number of carbonyl (C=O) groups is 1. The van der Waals surface area contributed by atoms with Crippen LogP contribution in [0.25, 0.3) is 0 Å². The zero-order valence-corrected chi connectivity index (χ0v) is 10.8. The molecule has 0 bridgehead atoms. The van der Waals surface area contributed by atoms with Crippen molar-refractivity contribution in [1.82, 2.24) is 0 Å². The summed E-state index contributed by atoms with van der Waals surface area (Å²) < 4.78 is 1.06. The fourth-order valence-electron chi connectivity index (χ4n) is 1.96. The van der Waals surface area contributed by atoms with Crippen molar-refractivity contribution in [3.8, 4) is 0 Å². The van der Waals surface area contributed by atoms with Crippen molar-refractivity contribution in [2.75, 3.05) is 11.4 Å². The Hall–Kier alpha value is -0.870. The molecule has 1 heterocycles. The van der Waals surface area contributed by atoms with Gasteiger partial charge in [0.15, 0.2) is 0 Å². The maximum absolute atomic E-state index is 11.9. The van der Waals surface area contributed by atoms with Gasteiger partial charge in [0.05, 0.1) is 6.04 Å². The van der Waals surface area contributed by atoms with Gasteiger partial charge < -0.3 is 10.6 Å². The molecule has 0 radical (unpaired) electrons. The Morgan fingerprint density at radius 3 is 2.94 bits per heavy atom. The monoisotopic (exact) mass is 282 g/mol. The molecule has 1 amide bonds. The molecule has 4 heteroatoms. The average molecular weight is 283 g/mol. The van der Waals surface area contributed by atoms with Crippen LogP contribution in [0.2, 0.25) is 0 Å². The Morgan fingerprint density at radius 1 is 1.50 bits per heavy atom. The molecule has 1 aliphatic heterocycles. The van der Waals surface area contributed by atoms with E-state index in [4.69, 9.17) is 5.73 Å². The number of nitrogens with zero attached hydrogens (tertiary/aromatic N) is 1. The lowest BCUT2D eigenvalue weighted by Crippen LogP contribution is -2.48. The number of nitrogens with two attached hydrogens (primary N) is 1. The van der Waals surface area contributed by atoms with E-state index in [1.165, 1.54) is 0 Å². The fraction of sp³-hybridized carbons (Fsp3) is 0.417. The van der Waals surface area contributed by atoms with Gasteiger partial charge in [-0.2, -0.15) is 0 Å². The number of carbonyl (C=O) groups excluding carboxylic acids is 1. The first-order chi connectivity index (χ1) is 7.59. The molecule has 1 fully saturated rings. The van der Waals surface area contributed by atoms with E-state index in [0.29, 0.717) is 0 Å². The molecule has 1 aliphatic rings. The van der Waals surface area contributed by atoms with Gasteiger partial charge in [0.2, 0.25) is 5.91 Å². The van der Waals surface area contributed by atoms with E-state index in [1.54, 1.807) is 4.90 Å². The van der Waals surface area contributed by atoms with Crippen LogP contribution in [0.4, 0.5) is 5.69 Å². The molecule has 3 nitrogen and oxygen atoms in total. The summed E-state index contributed by atoms with van der Waals surface area (Å²) >= 11 is 3.45. The fourth-order valence-corrected chi connectivity index (χ4v) is 2.20. The Bertz CT molecular complexity index is 419. The Morgan fingerprint density at radius 2 is 2.25 bits per heavy atom. The SMILES string of the molecule is Cc1cc(N2CCCC(N)C2=O)ccc1Br. The van der Waals surface area contributed by atoms with E-state index in [9.17, 15) is 4.79 Å². The summed E-state index contributed by atoms with van der Waals surface area (Å²) in [6, 6.07) is 5.60.